The van der Waals surface area contributed by atoms with Crippen molar-refractivity contribution in [3.05, 3.63) is 69.9 Å². The van der Waals surface area contributed by atoms with E-state index in [9.17, 15) is 9.59 Å². The van der Waals surface area contributed by atoms with Crippen LogP contribution in [-0.2, 0) is 14.3 Å². The molecule has 0 bridgehead atoms. The van der Waals surface area contributed by atoms with Gasteiger partial charge in [0.25, 0.3) is 0 Å². The molecule has 4 nitrogen and oxygen atoms in total. The molecule has 1 N–H and O–H groups in total. The number of thiophene rings is 1. The Morgan fingerprint density at radius 2 is 1.88 bits per heavy atom. The van der Waals surface area contributed by atoms with Gasteiger partial charge in [0.05, 0.1) is 18.1 Å². The van der Waals surface area contributed by atoms with Crippen molar-refractivity contribution in [3.8, 4) is 10.4 Å². The third-order valence-corrected chi connectivity index (χ3v) is 7.29. The van der Waals surface area contributed by atoms with E-state index in [-0.39, 0.29) is 23.1 Å². The smallest absolute Gasteiger partial charge is 0.336 e. The second-order valence-electron chi connectivity index (χ2n) is 9.32. The third-order valence-electron chi connectivity index (χ3n) is 6.09. The molecule has 2 heterocycles. The van der Waals surface area contributed by atoms with Gasteiger partial charge in [-0.3, -0.25) is 4.79 Å². The zero-order valence-corrected chi connectivity index (χ0v) is 20.1. The summed E-state index contributed by atoms with van der Waals surface area (Å²) in [5, 5.41) is 3.51. The maximum atomic E-state index is 13.4. The van der Waals surface area contributed by atoms with Crippen molar-refractivity contribution in [1.82, 2.24) is 5.32 Å². The Balaban J connectivity index is 1.87. The van der Waals surface area contributed by atoms with Crippen LogP contribution in [0.3, 0.4) is 0 Å². The number of hydrogen-bond donors (Lipinski definition) is 1. The maximum absolute atomic E-state index is 13.4. The van der Waals surface area contributed by atoms with Gasteiger partial charge in [0.1, 0.15) is 0 Å². The number of nitrogens with one attached hydrogen (secondary N) is 1. The molecule has 1 aliphatic heterocycles. The van der Waals surface area contributed by atoms with E-state index in [4.69, 9.17) is 4.74 Å². The van der Waals surface area contributed by atoms with E-state index in [1.165, 1.54) is 0 Å². The zero-order valence-electron chi connectivity index (χ0n) is 19.3. The van der Waals surface area contributed by atoms with Crippen molar-refractivity contribution in [2.75, 3.05) is 6.61 Å². The average Bonchev–Trinajstić information content (AvgIpc) is 3.23. The number of rotatable bonds is 6. The highest BCUT2D eigenvalue weighted by molar-refractivity contribution is 7.15. The first-order chi connectivity index (χ1) is 15.3. The minimum absolute atomic E-state index is 0.100. The molecule has 0 spiro atoms. The van der Waals surface area contributed by atoms with Crippen molar-refractivity contribution >= 4 is 23.1 Å². The van der Waals surface area contributed by atoms with Crippen LogP contribution in [0.25, 0.3) is 10.4 Å². The number of ether oxygens (including phenoxy) is 1. The van der Waals surface area contributed by atoms with Gasteiger partial charge in [-0.2, -0.15) is 0 Å². The van der Waals surface area contributed by atoms with Crippen LogP contribution < -0.4 is 5.32 Å². The molecule has 1 aromatic heterocycles. The van der Waals surface area contributed by atoms with E-state index in [2.05, 4.69) is 50.4 Å². The molecule has 2 aliphatic rings. The molecule has 0 saturated heterocycles. The van der Waals surface area contributed by atoms with Crippen LogP contribution in [0, 0.1) is 5.41 Å². The second kappa shape index (κ2) is 9.07. The standard InChI is InChI=1S/C27H31NO3S/c1-5-10-18-24(26(30)31-6-2)25(23-19(28-18)15-27(3,4)16-20(23)29)22-14-13-21(32-22)17-11-8-7-9-12-17/h7-9,11-14,25,28H,5-6,10,15-16H2,1-4H3. The highest BCUT2D eigenvalue weighted by Gasteiger charge is 2.44. The molecule has 1 atom stereocenters. The molecular weight excluding hydrogens is 418 g/mol. The van der Waals surface area contributed by atoms with E-state index in [1.807, 2.05) is 25.1 Å². The van der Waals surface area contributed by atoms with Gasteiger partial charge in [-0.1, -0.05) is 57.5 Å². The predicted molar refractivity (Wildman–Crippen MR) is 129 cm³/mol. The summed E-state index contributed by atoms with van der Waals surface area (Å²) in [6.45, 7) is 8.50. The topological polar surface area (TPSA) is 55.4 Å². The lowest BCUT2D eigenvalue weighted by Gasteiger charge is -2.39. The largest absolute Gasteiger partial charge is 0.463 e. The van der Waals surface area contributed by atoms with E-state index < -0.39 is 0 Å². The first kappa shape index (κ1) is 22.5. The Labute approximate surface area is 194 Å². The highest BCUT2D eigenvalue weighted by atomic mass is 32.1. The van der Waals surface area contributed by atoms with Gasteiger partial charge in [-0.05, 0) is 42.9 Å². The summed E-state index contributed by atoms with van der Waals surface area (Å²) in [6, 6.07) is 14.4. The number of ketones is 1. The van der Waals surface area contributed by atoms with Gasteiger partial charge < -0.3 is 10.1 Å². The third kappa shape index (κ3) is 4.31. The van der Waals surface area contributed by atoms with Crippen LogP contribution in [-0.4, -0.2) is 18.4 Å². The molecule has 1 unspecified atom stereocenters. The van der Waals surface area contributed by atoms with Gasteiger partial charge in [0.15, 0.2) is 5.78 Å². The van der Waals surface area contributed by atoms with Crippen molar-refractivity contribution in [1.29, 1.82) is 0 Å². The van der Waals surface area contributed by atoms with E-state index in [1.54, 1.807) is 11.3 Å². The van der Waals surface area contributed by atoms with Crippen molar-refractivity contribution in [2.24, 2.45) is 5.41 Å². The maximum Gasteiger partial charge on any atom is 0.336 e. The molecule has 1 aromatic carbocycles. The Hall–Kier alpha value is -2.66. The molecule has 5 heteroatoms. The molecule has 1 aliphatic carbocycles. The lowest BCUT2D eigenvalue weighted by molar-refractivity contribution is -0.138. The van der Waals surface area contributed by atoms with Crippen LogP contribution in [0.5, 0.6) is 0 Å². The van der Waals surface area contributed by atoms with E-state index in [0.717, 1.165) is 51.5 Å². The Morgan fingerprint density at radius 1 is 1.12 bits per heavy atom. The van der Waals surface area contributed by atoms with Gasteiger partial charge in [0, 0.05) is 33.1 Å². The number of esters is 1. The van der Waals surface area contributed by atoms with Gasteiger partial charge in [-0.15, -0.1) is 11.3 Å². The first-order valence-corrected chi connectivity index (χ1v) is 12.2. The molecule has 32 heavy (non-hydrogen) atoms. The molecule has 0 fully saturated rings. The van der Waals surface area contributed by atoms with Crippen molar-refractivity contribution in [3.63, 3.8) is 0 Å². The first-order valence-electron chi connectivity index (χ1n) is 11.4. The summed E-state index contributed by atoms with van der Waals surface area (Å²) >= 11 is 1.65. The molecule has 0 saturated carbocycles. The molecule has 4 rings (SSSR count). The SMILES string of the molecule is CCCC1=C(C(=O)OCC)C(c2ccc(-c3ccccc3)s2)C2=C(CC(C)(C)CC2=O)N1. The summed E-state index contributed by atoms with van der Waals surface area (Å²) in [4.78, 5) is 28.8. The summed E-state index contributed by atoms with van der Waals surface area (Å²) in [5.74, 6) is -0.578. The number of dihydropyridines is 1. The van der Waals surface area contributed by atoms with Crippen LogP contribution in [0.15, 0.2) is 65.0 Å². The molecule has 168 valence electrons. The number of carbonyl (C=O) groups excluding carboxylic acids is 2. The highest BCUT2D eigenvalue weighted by Crippen LogP contribution is 2.49. The predicted octanol–water partition coefficient (Wildman–Crippen LogP) is 6.36. The number of allylic oxidation sites excluding steroid dienone is 3. The number of carbonyl (C=O) groups is 2. The van der Waals surface area contributed by atoms with Crippen LogP contribution in [0.4, 0.5) is 0 Å². The Bertz CT molecular complexity index is 1090. The van der Waals surface area contributed by atoms with Crippen LogP contribution in [0.1, 0.15) is 64.2 Å². The molecule has 0 amide bonds. The summed E-state index contributed by atoms with van der Waals surface area (Å²) in [7, 11) is 0. The van der Waals surface area contributed by atoms with Crippen molar-refractivity contribution in [2.45, 2.75) is 59.3 Å². The molecular formula is C27H31NO3S. The summed E-state index contributed by atoms with van der Waals surface area (Å²) in [5.41, 5.74) is 4.25. The van der Waals surface area contributed by atoms with Gasteiger partial charge in [0.2, 0.25) is 0 Å². The lowest BCUT2D eigenvalue weighted by atomic mass is 9.69. The summed E-state index contributed by atoms with van der Waals surface area (Å²) < 4.78 is 5.49. The van der Waals surface area contributed by atoms with Crippen LogP contribution in [0.2, 0.25) is 0 Å². The van der Waals surface area contributed by atoms with Crippen LogP contribution >= 0.6 is 11.3 Å². The van der Waals surface area contributed by atoms with Gasteiger partial charge >= 0.3 is 5.97 Å². The fraction of sp³-hybridized carbons (Fsp3) is 0.407. The molecule has 0 radical (unpaired) electrons. The summed E-state index contributed by atoms with van der Waals surface area (Å²) in [6.07, 6.45) is 2.93. The Kier molecular flexibility index (Phi) is 6.38. The minimum atomic E-state index is -0.377. The quantitative estimate of drug-likeness (QED) is 0.521. The van der Waals surface area contributed by atoms with E-state index in [0.29, 0.717) is 18.6 Å². The van der Waals surface area contributed by atoms with Crippen molar-refractivity contribution < 1.29 is 14.3 Å². The lowest BCUT2D eigenvalue weighted by Crippen LogP contribution is -2.39. The average molecular weight is 450 g/mol. The number of hydrogen-bond acceptors (Lipinski definition) is 5. The van der Waals surface area contributed by atoms with E-state index >= 15 is 0 Å². The fourth-order valence-corrected chi connectivity index (χ4v) is 5.93. The second-order valence-corrected chi connectivity index (χ2v) is 10.4. The Morgan fingerprint density at radius 3 is 2.56 bits per heavy atom. The monoisotopic (exact) mass is 449 g/mol. The van der Waals surface area contributed by atoms with Gasteiger partial charge in [-0.25, -0.2) is 4.79 Å². The minimum Gasteiger partial charge on any atom is -0.463 e. The number of benzene rings is 1. The number of Topliss-reactive ketones (excluding diaryl/α,β-unsaturated/α-hetero) is 1. The normalized spacial score (nSPS) is 20.1. The molecule has 2 aromatic rings. The fourth-order valence-electron chi connectivity index (χ4n) is 4.80. The zero-order chi connectivity index (χ0) is 22.9.